The van der Waals surface area contributed by atoms with Crippen LogP contribution < -0.4 is 10.2 Å². The molecule has 1 amide bonds. The van der Waals surface area contributed by atoms with Crippen LogP contribution in [0.15, 0.2) is 36.0 Å². The summed E-state index contributed by atoms with van der Waals surface area (Å²) in [6.07, 6.45) is 10.8. The Labute approximate surface area is 144 Å². The smallest absolute Gasteiger partial charge is 0.270 e. The van der Waals surface area contributed by atoms with Crippen molar-refractivity contribution in [2.45, 2.75) is 57.4 Å². The molecule has 3 rings (SSSR count). The number of aryl methyl sites for hydroxylation is 1. The minimum absolute atomic E-state index is 0.189. The van der Waals surface area contributed by atoms with Crippen LogP contribution in [-0.2, 0) is 11.2 Å². The average Bonchev–Trinajstić information content (AvgIpc) is 2.90. The molecule has 126 valence electrons. The Kier molecular flexibility index (Phi) is 5.53. The molecule has 0 aromatic heterocycles. The Hall–Kier alpha value is -2.28. The molecule has 0 bridgehead atoms. The van der Waals surface area contributed by atoms with Crippen LogP contribution in [0.25, 0.3) is 0 Å². The standard InChI is InChI=1S/C20H25N3O/c21-14-17(15-22-18-10-3-1-2-4-11-18)20(24)23-13-7-9-16-8-5-6-12-19(16)23/h5-6,8,12,15,18,22H,1-4,7,9-11,13H2/b17-15-. The van der Waals surface area contributed by atoms with Gasteiger partial charge in [0.25, 0.3) is 5.91 Å². The van der Waals surface area contributed by atoms with Gasteiger partial charge in [-0.2, -0.15) is 5.26 Å². The van der Waals surface area contributed by atoms with E-state index in [-0.39, 0.29) is 11.5 Å². The van der Waals surface area contributed by atoms with Crippen LogP contribution in [0.5, 0.6) is 0 Å². The molecule has 2 aliphatic rings. The van der Waals surface area contributed by atoms with E-state index in [1.165, 1.54) is 31.2 Å². The molecule has 24 heavy (non-hydrogen) atoms. The number of nitriles is 1. The normalized spacial score (nSPS) is 19.1. The topological polar surface area (TPSA) is 56.1 Å². The van der Waals surface area contributed by atoms with Gasteiger partial charge in [0, 0.05) is 24.5 Å². The van der Waals surface area contributed by atoms with Gasteiger partial charge < -0.3 is 10.2 Å². The maximum Gasteiger partial charge on any atom is 0.270 e. The lowest BCUT2D eigenvalue weighted by atomic mass is 10.0. The number of nitrogens with one attached hydrogen (secondary N) is 1. The Balaban J connectivity index is 1.73. The monoisotopic (exact) mass is 323 g/mol. The molecular weight excluding hydrogens is 298 g/mol. The van der Waals surface area contributed by atoms with Gasteiger partial charge in [-0.15, -0.1) is 0 Å². The van der Waals surface area contributed by atoms with Crippen molar-refractivity contribution in [1.82, 2.24) is 5.32 Å². The van der Waals surface area contributed by atoms with E-state index in [2.05, 4.69) is 17.5 Å². The van der Waals surface area contributed by atoms with Crippen LogP contribution in [0.3, 0.4) is 0 Å². The van der Waals surface area contributed by atoms with Crippen molar-refractivity contribution in [1.29, 1.82) is 5.26 Å². The van der Waals surface area contributed by atoms with Gasteiger partial charge in [-0.1, -0.05) is 43.9 Å². The first-order valence-electron chi connectivity index (χ1n) is 9.05. The zero-order chi connectivity index (χ0) is 16.8. The molecule has 1 aromatic rings. The van der Waals surface area contributed by atoms with Crippen molar-refractivity contribution in [3.63, 3.8) is 0 Å². The van der Waals surface area contributed by atoms with E-state index in [0.29, 0.717) is 12.6 Å². The number of hydrogen-bond acceptors (Lipinski definition) is 3. The maximum atomic E-state index is 12.8. The van der Waals surface area contributed by atoms with Gasteiger partial charge in [0.15, 0.2) is 0 Å². The third-order valence-corrected chi connectivity index (χ3v) is 5.02. The molecule has 0 spiro atoms. The van der Waals surface area contributed by atoms with Gasteiger partial charge in [0.2, 0.25) is 0 Å². The number of carbonyl (C=O) groups is 1. The molecule has 0 radical (unpaired) electrons. The van der Waals surface area contributed by atoms with E-state index in [0.717, 1.165) is 31.4 Å². The fourth-order valence-electron chi connectivity index (χ4n) is 3.68. The lowest BCUT2D eigenvalue weighted by molar-refractivity contribution is -0.114. The van der Waals surface area contributed by atoms with Crippen molar-refractivity contribution in [2.75, 3.05) is 11.4 Å². The summed E-state index contributed by atoms with van der Waals surface area (Å²) in [7, 11) is 0. The molecule has 1 fully saturated rings. The second kappa shape index (κ2) is 8.01. The van der Waals surface area contributed by atoms with Gasteiger partial charge in [-0.05, 0) is 37.3 Å². The fraction of sp³-hybridized carbons (Fsp3) is 0.500. The average molecular weight is 323 g/mol. The van der Waals surface area contributed by atoms with Crippen LogP contribution in [-0.4, -0.2) is 18.5 Å². The lowest BCUT2D eigenvalue weighted by Gasteiger charge is -2.29. The summed E-state index contributed by atoms with van der Waals surface area (Å²) >= 11 is 0. The van der Waals surface area contributed by atoms with E-state index in [9.17, 15) is 10.1 Å². The van der Waals surface area contributed by atoms with Crippen LogP contribution in [0.2, 0.25) is 0 Å². The predicted octanol–water partition coefficient (Wildman–Crippen LogP) is 3.69. The van der Waals surface area contributed by atoms with E-state index in [4.69, 9.17) is 0 Å². The van der Waals surface area contributed by atoms with Gasteiger partial charge >= 0.3 is 0 Å². The molecule has 1 aromatic carbocycles. The summed E-state index contributed by atoms with van der Waals surface area (Å²) in [6.45, 7) is 0.679. The van der Waals surface area contributed by atoms with Crippen molar-refractivity contribution in [2.24, 2.45) is 0 Å². The SMILES string of the molecule is N#C/C(=C/NC1CCCCCC1)C(=O)N1CCCc2ccccc21. The molecule has 1 N–H and O–H groups in total. The molecule has 4 heteroatoms. The van der Waals surface area contributed by atoms with E-state index >= 15 is 0 Å². The zero-order valence-corrected chi connectivity index (χ0v) is 14.1. The highest BCUT2D eigenvalue weighted by Crippen LogP contribution is 2.27. The molecular formula is C20H25N3O. The van der Waals surface area contributed by atoms with Crippen LogP contribution in [0, 0.1) is 11.3 Å². The van der Waals surface area contributed by atoms with E-state index in [1.807, 2.05) is 18.2 Å². The number of anilines is 1. The maximum absolute atomic E-state index is 12.8. The highest BCUT2D eigenvalue weighted by atomic mass is 16.2. The van der Waals surface area contributed by atoms with E-state index in [1.54, 1.807) is 11.1 Å². The summed E-state index contributed by atoms with van der Waals surface area (Å²) in [5, 5.41) is 12.8. The fourth-order valence-corrected chi connectivity index (χ4v) is 3.68. The number of para-hydroxylation sites is 1. The minimum Gasteiger partial charge on any atom is -0.387 e. The number of fused-ring (bicyclic) bond motifs is 1. The number of hydrogen-bond donors (Lipinski definition) is 1. The summed E-state index contributed by atoms with van der Waals surface area (Å²) in [4.78, 5) is 14.6. The highest BCUT2D eigenvalue weighted by Gasteiger charge is 2.25. The molecule has 0 saturated heterocycles. The molecule has 1 aliphatic heterocycles. The molecule has 0 unspecified atom stereocenters. The second-order valence-corrected chi connectivity index (χ2v) is 6.71. The minimum atomic E-state index is -0.189. The Morgan fingerprint density at radius 1 is 1.17 bits per heavy atom. The van der Waals surface area contributed by atoms with Crippen molar-refractivity contribution in [3.05, 3.63) is 41.6 Å². The Morgan fingerprint density at radius 3 is 2.67 bits per heavy atom. The van der Waals surface area contributed by atoms with Crippen molar-refractivity contribution in [3.8, 4) is 6.07 Å². The highest BCUT2D eigenvalue weighted by molar-refractivity contribution is 6.08. The van der Waals surface area contributed by atoms with Gasteiger partial charge in [0.05, 0.1) is 0 Å². The Morgan fingerprint density at radius 2 is 1.92 bits per heavy atom. The van der Waals surface area contributed by atoms with Crippen molar-refractivity contribution < 1.29 is 4.79 Å². The first kappa shape index (κ1) is 16.6. The predicted molar refractivity (Wildman–Crippen MR) is 95.4 cm³/mol. The number of carbonyl (C=O) groups excluding carboxylic acids is 1. The van der Waals surface area contributed by atoms with Crippen LogP contribution in [0.1, 0.15) is 50.5 Å². The number of amides is 1. The second-order valence-electron chi connectivity index (χ2n) is 6.71. The summed E-state index contributed by atoms with van der Waals surface area (Å²) in [5.41, 5.74) is 2.34. The third-order valence-electron chi connectivity index (χ3n) is 5.02. The van der Waals surface area contributed by atoms with Gasteiger partial charge in [-0.25, -0.2) is 0 Å². The largest absolute Gasteiger partial charge is 0.387 e. The molecule has 4 nitrogen and oxygen atoms in total. The third kappa shape index (κ3) is 3.79. The number of benzene rings is 1. The summed E-state index contributed by atoms with van der Waals surface area (Å²) in [6, 6.07) is 10.5. The summed E-state index contributed by atoms with van der Waals surface area (Å²) < 4.78 is 0. The first-order valence-corrected chi connectivity index (χ1v) is 9.05. The molecule has 0 atom stereocenters. The quantitative estimate of drug-likeness (QED) is 0.524. The van der Waals surface area contributed by atoms with Crippen LogP contribution in [0.4, 0.5) is 5.69 Å². The molecule has 1 saturated carbocycles. The van der Waals surface area contributed by atoms with Gasteiger partial charge in [-0.3, -0.25) is 4.79 Å². The lowest BCUT2D eigenvalue weighted by Crippen LogP contribution is -2.37. The zero-order valence-electron chi connectivity index (χ0n) is 14.1. The molecule has 1 heterocycles. The van der Waals surface area contributed by atoms with E-state index < -0.39 is 0 Å². The number of nitrogens with zero attached hydrogens (tertiary/aromatic N) is 2. The van der Waals surface area contributed by atoms with Gasteiger partial charge in [0.1, 0.15) is 11.6 Å². The number of rotatable bonds is 3. The van der Waals surface area contributed by atoms with Crippen LogP contribution >= 0.6 is 0 Å². The molecule has 1 aliphatic carbocycles. The Bertz CT molecular complexity index is 651. The van der Waals surface area contributed by atoms with Crippen molar-refractivity contribution >= 4 is 11.6 Å². The summed E-state index contributed by atoms with van der Waals surface area (Å²) in [5.74, 6) is -0.189. The first-order chi connectivity index (χ1) is 11.8.